The number of hydrogen-bond acceptors (Lipinski definition) is 6. The number of benzene rings is 3. The van der Waals surface area contributed by atoms with Crippen LogP contribution in [0.2, 0.25) is 0 Å². The van der Waals surface area contributed by atoms with E-state index in [0.717, 1.165) is 55.0 Å². The fraction of sp³-hybridized carbons (Fsp3) is 0.233. The monoisotopic (exact) mass is 506 g/mol. The molecule has 1 fully saturated rings. The minimum atomic E-state index is -0.189. The van der Waals surface area contributed by atoms with Crippen molar-refractivity contribution in [2.75, 3.05) is 13.1 Å². The summed E-state index contributed by atoms with van der Waals surface area (Å²) in [5.74, 6) is 0. The average molecular weight is 507 g/mol. The number of fused-ring (bicyclic) bond motifs is 1. The van der Waals surface area contributed by atoms with Gasteiger partial charge in [-0.05, 0) is 59.4 Å². The van der Waals surface area contributed by atoms with Crippen molar-refractivity contribution in [3.63, 3.8) is 0 Å². The van der Waals surface area contributed by atoms with Gasteiger partial charge in [0, 0.05) is 31.9 Å². The molecule has 0 atom stereocenters. The van der Waals surface area contributed by atoms with Crippen LogP contribution in [0.1, 0.15) is 24.0 Å². The fourth-order valence-electron chi connectivity index (χ4n) is 5.18. The third-order valence-electron chi connectivity index (χ3n) is 7.31. The van der Waals surface area contributed by atoms with E-state index in [-0.39, 0.29) is 11.7 Å². The molecule has 1 aliphatic heterocycles. The summed E-state index contributed by atoms with van der Waals surface area (Å²) in [5, 5.41) is 9.84. The van der Waals surface area contributed by atoms with Gasteiger partial charge in [0.25, 0.3) is 5.56 Å². The third kappa shape index (κ3) is 4.65. The molecule has 1 saturated heterocycles. The third-order valence-corrected chi connectivity index (χ3v) is 7.31. The first-order valence-electron chi connectivity index (χ1n) is 12.9. The number of aromatic nitrogens is 4. The molecule has 0 radical (unpaired) electrons. The van der Waals surface area contributed by atoms with E-state index < -0.39 is 0 Å². The van der Waals surface area contributed by atoms with Crippen LogP contribution in [0.25, 0.3) is 33.7 Å². The molecule has 192 valence electrons. The van der Waals surface area contributed by atoms with Crippen LogP contribution in [-0.4, -0.2) is 48.3 Å². The number of rotatable bonds is 6. The summed E-state index contributed by atoms with van der Waals surface area (Å²) in [6, 6.07) is 24.2. The molecule has 0 unspecified atom stereocenters. The lowest BCUT2D eigenvalue weighted by atomic mass is 9.98. The second kappa shape index (κ2) is 10.3. The molecule has 8 nitrogen and oxygen atoms in total. The van der Waals surface area contributed by atoms with Gasteiger partial charge in [0.15, 0.2) is 11.2 Å². The van der Waals surface area contributed by atoms with E-state index in [1.165, 1.54) is 17.5 Å². The molecule has 3 heterocycles. The van der Waals surface area contributed by atoms with E-state index in [0.29, 0.717) is 17.7 Å². The van der Waals surface area contributed by atoms with Gasteiger partial charge in [-0.3, -0.25) is 18.8 Å². The number of aliphatic hydroxyl groups is 1. The van der Waals surface area contributed by atoms with Crippen molar-refractivity contribution in [1.82, 2.24) is 24.0 Å². The van der Waals surface area contributed by atoms with E-state index >= 15 is 0 Å². The Morgan fingerprint density at radius 2 is 1.61 bits per heavy atom. The average Bonchev–Trinajstić information content (AvgIpc) is 3.40. The topological polar surface area (TPSA) is 102 Å². The Labute approximate surface area is 220 Å². The van der Waals surface area contributed by atoms with Crippen LogP contribution >= 0.6 is 0 Å². The highest BCUT2D eigenvalue weighted by Crippen LogP contribution is 2.27. The van der Waals surface area contributed by atoms with Crippen molar-refractivity contribution in [3.8, 4) is 22.5 Å². The highest BCUT2D eigenvalue weighted by Gasteiger charge is 2.18. The Morgan fingerprint density at radius 1 is 0.868 bits per heavy atom. The molecule has 5 aromatic rings. The molecule has 1 aliphatic rings. The first-order chi connectivity index (χ1) is 18.6. The maximum Gasteiger partial charge on any atom is 0.284 e. The Bertz CT molecular complexity index is 1630. The van der Waals surface area contributed by atoms with Crippen LogP contribution in [0.3, 0.4) is 0 Å². The molecule has 0 aliphatic carbocycles. The molecule has 3 N–H and O–H groups in total. The number of nitrogens with two attached hydrogens (primary N) is 1. The number of nitrogens with zero attached hydrogens (tertiary/aromatic N) is 5. The minimum absolute atomic E-state index is 0.180. The summed E-state index contributed by atoms with van der Waals surface area (Å²) in [5.41, 5.74) is 12.5. The lowest BCUT2D eigenvalue weighted by Gasteiger charge is -2.30. The predicted octanol–water partition coefficient (Wildman–Crippen LogP) is 3.65. The molecule has 0 saturated carbocycles. The SMILES string of the molecule is NCc1cccc(-n2cnc3ncn(-c4ccc(-c5ccccc5CN5CCC(O)CC5)cc4)c(=O)c32)c1. The summed E-state index contributed by atoms with van der Waals surface area (Å²) in [4.78, 5) is 24.8. The van der Waals surface area contributed by atoms with Gasteiger partial charge in [-0.2, -0.15) is 0 Å². The van der Waals surface area contributed by atoms with Crippen LogP contribution in [0.5, 0.6) is 0 Å². The van der Waals surface area contributed by atoms with Gasteiger partial charge in [-0.15, -0.1) is 0 Å². The first kappa shape index (κ1) is 24.2. The van der Waals surface area contributed by atoms with E-state index in [9.17, 15) is 9.90 Å². The summed E-state index contributed by atoms with van der Waals surface area (Å²) >= 11 is 0. The summed E-state index contributed by atoms with van der Waals surface area (Å²) < 4.78 is 3.33. The van der Waals surface area contributed by atoms with Crippen molar-refractivity contribution >= 4 is 11.2 Å². The van der Waals surface area contributed by atoms with Crippen molar-refractivity contribution in [1.29, 1.82) is 0 Å². The Kier molecular flexibility index (Phi) is 6.59. The Balaban J connectivity index is 1.32. The van der Waals surface area contributed by atoms with Gasteiger partial charge in [-0.25, -0.2) is 9.97 Å². The second-order valence-corrected chi connectivity index (χ2v) is 9.79. The fourth-order valence-corrected chi connectivity index (χ4v) is 5.18. The smallest absolute Gasteiger partial charge is 0.284 e. The van der Waals surface area contributed by atoms with Crippen LogP contribution in [0.4, 0.5) is 0 Å². The van der Waals surface area contributed by atoms with Gasteiger partial charge < -0.3 is 10.8 Å². The van der Waals surface area contributed by atoms with Crippen LogP contribution < -0.4 is 11.3 Å². The Morgan fingerprint density at radius 3 is 2.37 bits per heavy atom. The van der Waals surface area contributed by atoms with Crippen LogP contribution in [0, 0.1) is 0 Å². The zero-order valence-corrected chi connectivity index (χ0v) is 21.1. The molecule has 0 bridgehead atoms. The zero-order valence-electron chi connectivity index (χ0n) is 21.1. The molecular weight excluding hydrogens is 476 g/mol. The molecule has 38 heavy (non-hydrogen) atoms. The highest BCUT2D eigenvalue weighted by molar-refractivity contribution is 5.73. The van der Waals surface area contributed by atoms with Crippen molar-refractivity contribution in [2.45, 2.75) is 32.0 Å². The molecule has 0 amide bonds. The predicted molar refractivity (Wildman–Crippen MR) is 148 cm³/mol. The van der Waals surface area contributed by atoms with E-state index in [4.69, 9.17) is 5.73 Å². The number of piperidine rings is 1. The Hall–Kier alpha value is -4.11. The second-order valence-electron chi connectivity index (χ2n) is 9.79. The molecule has 8 heteroatoms. The normalized spacial score (nSPS) is 14.8. The van der Waals surface area contributed by atoms with Crippen molar-refractivity contribution in [2.24, 2.45) is 5.73 Å². The van der Waals surface area contributed by atoms with Crippen molar-refractivity contribution in [3.05, 3.63) is 107 Å². The number of aliphatic hydroxyl groups excluding tert-OH is 1. The largest absolute Gasteiger partial charge is 0.393 e. The van der Waals surface area contributed by atoms with Crippen molar-refractivity contribution < 1.29 is 5.11 Å². The van der Waals surface area contributed by atoms with E-state index in [1.54, 1.807) is 15.5 Å². The molecule has 6 rings (SSSR count). The lowest BCUT2D eigenvalue weighted by Crippen LogP contribution is -2.35. The lowest BCUT2D eigenvalue weighted by molar-refractivity contribution is 0.0793. The molecule has 2 aromatic heterocycles. The van der Waals surface area contributed by atoms with Gasteiger partial charge >= 0.3 is 0 Å². The maximum atomic E-state index is 13.6. The molecule has 0 spiro atoms. The molecule has 3 aromatic carbocycles. The van der Waals surface area contributed by atoms with Crippen LogP contribution in [0.15, 0.2) is 90.2 Å². The quantitative estimate of drug-likeness (QED) is 0.365. The summed E-state index contributed by atoms with van der Waals surface area (Å²) in [6.07, 6.45) is 4.62. The standard InChI is InChI=1S/C30H30N6O2/c31-17-21-4-3-6-25(16-21)35-19-32-29-28(35)30(38)36(20-33-29)24-10-8-22(9-11-24)27-7-2-1-5-23(27)18-34-14-12-26(37)13-15-34/h1-11,16,19-20,26,37H,12-15,17-18,31H2. The zero-order chi connectivity index (χ0) is 26.1. The molecular formula is C30H30N6O2. The maximum absolute atomic E-state index is 13.6. The number of hydrogen-bond donors (Lipinski definition) is 2. The first-order valence-corrected chi connectivity index (χ1v) is 12.9. The van der Waals surface area contributed by atoms with Gasteiger partial charge in [-0.1, -0.05) is 48.5 Å². The number of imidazole rings is 1. The summed E-state index contributed by atoms with van der Waals surface area (Å²) in [6.45, 7) is 3.07. The van der Waals surface area contributed by atoms with Gasteiger partial charge in [0.1, 0.15) is 12.7 Å². The summed E-state index contributed by atoms with van der Waals surface area (Å²) in [7, 11) is 0. The van der Waals surface area contributed by atoms with Gasteiger partial charge in [0.2, 0.25) is 0 Å². The van der Waals surface area contributed by atoms with E-state index in [1.807, 2.05) is 48.5 Å². The number of likely N-dealkylation sites (tertiary alicyclic amines) is 1. The van der Waals surface area contributed by atoms with Crippen LogP contribution in [-0.2, 0) is 13.1 Å². The minimum Gasteiger partial charge on any atom is -0.393 e. The van der Waals surface area contributed by atoms with Gasteiger partial charge in [0.05, 0.1) is 11.8 Å². The highest BCUT2D eigenvalue weighted by atomic mass is 16.3. The van der Waals surface area contributed by atoms with E-state index in [2.05, 4.69) is 39.1 Å².